The molecule has 0 saturated carbocycles. The summed E-state index contributed by atoms with van der Waals surface area (Å²) in [4.78, 5) is 68.4. The molecule has 2 aliphatic heterocycles. The molecule has 1 fully saturated rings. The third kappa shape index (κ3) is 9.05. The van der Waals surface area contributed by atoms with Crippen molar-refractivity contribution in [2.45, 2.75) is 71.1 Å². The summed E-state index contributed by atoms with van der Waals surface area (Å²) in [5.41, 5.74) is 2.07. The fourth-order valence-electron chi connectivity index (χ4n) is 5.43. The van der Waals surface area contributed by atoms with Gasteiger partial charge in [-0.15, -0.1) is 0 Å². The minimum Gasteiger partial charge on any atom is -0.491 e. The third-order valence-electron chi connectivity index (χ3n) is 7.82. The Morgan fingerprint density at radius 1 is 1.00 bits per heavy atom. The average Bonchev–Trinajstić information content (AvgIpc) is 3.40. The highest BCUT2D eigenvalue weighted by Gasteiger charge is 2.28. The molecule has 0 unspecified atom stereocenters. The van der Waals surface area contributed by atoms with Crippen LogP contribution in [-0.2, 0) is 32.3 Å². The Labute approximate surface area is 258 Å². The fraction of sp³-hybridized carbons (Fsp3) is 0.485. The molecule has 0 aliphatic carbocycles. The number of carbonyl (C=O) groups is 5. The van der Waals surface area contributed by atoms with Gasteiger partial charge in [0.25, 0.3) is 5.91 Å². The van der Waals surface area contributed by atoms with Crippen LogP contribution in [-0.4, -0.2) is 78.2 Å². The minimum atomic E-state index is -1.02. The Bertz CT molecular complexity index is 1360. The first-order chi connectivity index (χ1) is 21.1. The molecule has 2 aromatic rings. The summed E-state index contributed by atoms with van der Waals surface area (Å²) in [7, 11) is 1.66. The van der Waals surface area contributed by atoms with Gasteiger partial charge >= 0.3 is 0 Å². The normalized spacial score (nSPS) is 20.3. The van der Waals surface area contributed by atoms with Crippen LogP contribution in [0.1, 0.15) is 67.4 Å². The van der Waals surface area contributed by atoms with Crippen molar-refractivity contribution in [2.75, 3.05) is 26.7 Å². The zero-order chi connectivity index (χ0) is 31.6. The first kappa shape index (κ1) is 32.5. The van der Waals surface area contributed by atoms with Crippen LogP contribution < -0.4 is 20.7 Å². The smallest absolute Gasteiger partial charge is 0.255 e. The van der Waals surface area contributed by atoms with Gasteiger partial charge in [0.15, 0.2) is 0 Å². The maximum absolute atomic E-state index is 13.4. The van der Waals surface area contributed by atoms with Crippen LogP contribution in [0.15, 0.2) is 48.5 Å². The van der Waals surface area contributed by atoms with Crippen LogP contribution in [0.5, 0.6) is 5.75 Å². The third-order valence-corrected chi connectivity index (χ3v) is 7.82. The van der Waals surface area contributed by atoms with Crippen LogP contribution >= 0.6 is 0 Å². The van der Waals surface area contributed by atoms with E-state index in [1.807, 2.05) is 43.0 Å². The van der Waals surface area contributed by atoms with Gasteiger partial charge in [-0.3, -0.25) is 24.0 Å². The van der Waals surface area contributed by atoms with E-state index < -0.39 is 23.9 Å². The van der Waals surface area contributed by atoms with Gasteiger partial charge in [0.2, 0.25) is 23.6 Å². The quantitative estimate of drug-likeness (QED) is 0.443. The van der Waals surface area contributed by atoms with Gasteiger partial charge in [0.1, 0.15) is 24.4 Å². The molecule has 11 nitrogen and oxygen atoms in total. The SMILES string of the molecule is CC(C)C[C@@H]1NC(=O)CC[C@@H](C(=O)NCc2cccc(CN3CCCC3=O)c2)NC(=O)c2ccccc2OCCN(C)C1=O. The number of hydrogen-bond donors (Lipinski definition) is 3. The Hall–Kier alpha value is -4.41. The average molecular weight is 606 g/mol. The summed E-state index contributed by atoms with van der Waals surface area (Å²) in [5.74, 6) is -0.902. The van der Waals surface area contributed by atoms with Gasteiger partial charge in [-0.2, -0.15) is 0 Å². The van der Waals surface area contributed by atoms with Crippen molar-refractivity contribution < 1.29 is 28.7 Å². The predicted octanol–water partition coefficient (Wildman–Crippen LogP) is 2.39. The molecule has 2 aliphatic rings. The number of nitrogens with one attached hydrogen (secondary N) is 3. The highest BCUT2D eigenvalue weighted by molar-refractivity contribution is 5.99. The molecule has 5 amide bonds. The highest BCUT2D eigenvalue weighted by atomic mass is 16.5. The van der Waals surface area contributed by atoms with Crippen molar-refractivity contribution in [1.29, 1.82) is 0 Å². The van der Waals surface area contributed by atoms with E-state index in [2.05, 4.69) is 16.0 Å². The van der Waals surface area contributed by atoms with Crippen LogP contribution in [0.2, 0.25) is 0 Å². The first-order valence-corrected chi connectivity index (χ1v) is 15.3. The summed E-state index contributed by atoms with van der Waals surface area (Å²) >= 11 is 0. The van der Waals surface area contributed by atoms with Gasteiger partial charge in [-0.25, -0.2) is 0 Å². The molecule has 0 aromatic heterocycles. The van der Waals surface area contributed by atoms with E-state index in [0.29, 0.717) is 25.1 Å². The number of para-hydroxylation sites is 1. The summed E-state index contributed by atoms with van der Waals surface area (Å²) in [6.07, 6.45) is 1.86. The highest BCUT2D eigenvalue weighted by Crippen LogP contribution is 2.19. The van der Waals surface area contributed by atoms with Crippen LogP contribution in [0, 0.1) is 5.92 Å². The van der Waals surface area contributed by atoms with Gasteiger partial charge in [-0.1, -0.05) is 50.2 Å². The molecule has 1 saturated heterocycles. The van der Waals surface area contributed by atoms with E-state index in [1.165, 1.54) is 4.90 Å². The van der Waals surface area contributed by atoms with Crippen LogP contribution in [0.3, 0.4) is 0 Å². The number of nitrogens with zero attached hydrogens (tertiary/aromatic N) is 2. The minimum absolute atomic E-state index is 0.0297. The van der Waals surface area contributed by atoms with E-state index in [0.717, 1.165) is 24.1 Å². The lowest BCUT2D eigenvalue weighted by Gasteiger charge is -2.26. The lowest BCUT2D eigenvalue weighted by molar-refractivity contribution is -0.136. The summed E-state index contributed by atoms with van der Waals surface area (Å²) < 4.78 is 5.89. The van der Waals surface area contributed by atoms with Gasteiger partial charge < -0.3 is 30.5 Å². The second-order valence-electron chi connectivity index (χ2n) is 11.9. The van der Waals surface area contributed by atoms with E-state index >= 15 is 0 Å². The molecular weight excluding hydrogens is 562 g/mol. The van der Waals surface area contributed by atoms with E-state index in [4.69, 9.17) is 4.74 Å². The number of likely N-dealkylation sites (N-methyl/N-ethyl adjacent to an activating group) is 1. The second-order valence-corrected chi connectivity index (χ2v) is 11.9. The fourth-order valence-corrected chi connectivity index (χ4v) is 5.43. The molecule has 4 rings (SSSR count). The molecule has 3 N–H and O–H groups in total. The number of amides is 5. The Morgan fingerprint density at radius 2 is 1.77 bits per heavy atom. The number of hydrogen-bond acceptors (Lipinski definition) is 6. The Kier molecular flexibility index (Phi) is 11.3. The lowest BCUT2D eigenvalue weighted by Crippen LogP contribution is -2.49. The maximum atomic E-state index is 13.4. The zero-order valence-corrected chi connectivity index (χ0v) is 25.8. The predicted molar refractivity (Wildman–Crippen MR) is 164 cm³/mol. The molecule has 0 radical (unpaired) electrons. The van der Waals surface area contributed by atoms with Gasteiger partial charge in [0.05, 0.1) is 12.1 Å². The van der Waals surface area contributed by atoms with Crippen molar-refractivity contribution >= 4 is 29.5 Å². The topological polar surface area (TPSA) is 137 Å². The maximum Gasteiger partial charge on any atom is 0.255 e. The lowest BCUT2D eigenvalue weighted by atomic mass is 10.0. The van der Waals surface area contributed by atoms with Crippen molar-refractivity contribution in [3.05, 3.63) is 65.2 Å². The summed E-state index contributed by atoms with van der Waals surface area (Å²) in [6.45, 7) is 5.83. The molecule has 11 heteroatoms. The van der Waals surface area contributed by atoms with Crippen molar-refractivity contribution in [3.63, 3.8) is 0 Å². The van der Waals surface area contributed by atoms with Crippen molar-refractivity contribution in [1.82, 2.24) is 25.8 Å². The molecule has 44 heavy (non-hydrogen) atoms. The van der Waals surface area contributed by atoms with E-state index in [9.17, 15) is 24.0 Å². The van der Waals surface area contributed by atoms with E-state index in [-0.39, 0.29) is 61.7 Å². The van der Waals surface area contributed by atoms with Crippen molar-refractivity contribution in [2.24, 2.45) is 5.92 Å². The number of fused-ring (bicyclic) bond motifs is 1. The number of rotatable bonds is 7. The molecule has 0 bridgehead atoms. The molecule has 0 spiro atoms. The standard InChI is InChI=1S/C33H43N5O6/c1-22(2)18-27-33(43)37(3)16-17-44-28-11-5-4-10-25(28)31(41)36-26(13-14-29(39)35-27)32(42)34-20-23-8-6-9-24(19-23)21-38-15-7-12-30(38)40/h4-6,8-11,19,22,26-27H,7,12-18,20-21H2,1-3H3,(H,34,42)(H,35,39)(H,36,41)/t26-,27-/m0/s1. The molecule has 236 valence electrons. The Balaban J connectivity index is 1.50. The van der Waals surface area contributed by atoms with Crippen LogP contribution in [0.4, 0.5) is 0 Å². The van der Waals surface area contributed by atoms with Gasteiger partial charge in [0, 0.05) is 39.5 Å². The van der Waals surface area contributed by atoms with Crippen LogP contribution in [0.25, 0.3) is 0 Å². The summed E-state index contributed by atoms with van der Waals surface area (Å²) in [6, 6.07) is 12.7. The second kappa shape index (κ2) is 15.4. The monoisotopic (exact) mass is 605 g/mol. The molecule has 2 heterocycles. The number of likely N-dealkylation sites (tertiary alicyclic amines) is 1. The van der Waals surface area contributed by atoms with Crippen molar-refractivity contribution in [3.8, 4) is 5.75 Å². The van der Waals surface area contributed by atoms with E-state index in [1.54, 1.807) is 31.3 Å². The largest absolute Gasteiger partial charge is 0.491 e. The number of benzene rings is 2. The number of ether oxygens (including phenoxy) is 1. The molecule has 2 atom stereocenters. The first-order valence-electron chi connectivity index (χ1n) is 15.3. The summed E-state index contributed by atoms with van der Waals surface area (Å²) in [5, 5.41) is 8.52. The molecular formula is C33H43N5O6. The van der Waals surface area contributed by atoms with Gasteiger partial charge in [-0.05, 0) is 48.4 Å². The molecule has 2 aromatic carbocycles. The zero-order valence-electron chi connectivity index (χ0n) is 25.8. The Morgan fingerprint density at radius 3 is 2.52 bits per heavy atom. The number of carbonyl (C=O) groups excluding carboxylic acids is 5.